The van der Waals surface area contributed by atoms with Crippen molar-refractivity contribution in [2.24, 2.45) is 4.99 Å². The van der Waals surface area contributed by atoms with Crippen LogP contribution in [0, 0.1) is 18.3 Å². The molecule has 0 fully saturated rings. The number of thiophene rings is 1. The van der Waals surface area contributed by atoms with Gasteiger partial charge in [-0.25, -0.2) is 9.79 Å². The largest absolute Gasteiger partial charge is 0.506 e. The van der Waals surface area contributed by atoms with Gasteiger partial charge in [-0.2, -0.15) is 5.26 Å². The van der Waals surface area contributed by atoms with Gasteiger partial charge < -0.3 is 9.84 Å². The van der Waals surface area contributed by atoms with E-state index in [1.165, 1.54) is 18.3 Å². The molecular formula is C16H12Cl2N2O3S. The number of ether oxygens (including phenoxy) is 1. The summed E-state index contributed by atoms with van der Waals surface area (Å²) < 4.78 is 4.97. The van der Waals surface area contributed by atoms with Gasteiger partial charge in [0.15, 0.2) is 0 Å². The maximum atomic E-state index is 11.9. The van der Waals surface area contributed by atoms with Crippen LogP contribution >= 0.6 is 34.5 Å². The molecule has 0 aliphatic carbocycles. The Bertz CT molecular complexity index is 869. The van der Waals surface area contributed by atoms with E-state index in [1.54, 1.807) is 13.8 Å². The number of aromatic hydroxyl groups is 1. The van der Waals surface area contributed by atoms with Gasteiger partial charge >= 0.3 is 5.97 Å². The second kappa shape index (κ2) is 7.67. The molecule has 1 N–H and O–H groups in total. The first kappa shape index (κ1) is 18.3. The minimum atomic E-state index is -0.494. The van der Waals surface area contributed by atoms with Crippen molar-refractivity contribution in [3.05, 3.63) is 43.7 Å². The molecule has 0 saturated carbocycles. The first-order valence-electron chi connectivity index (χ1n) is 6.81. The van der Waals surface area contributed by atoms with Crippen LogP contribution in [-0.4, -0.2) is 23.9 Å². The minimum Gasteiger partial charge on any atom is -0.506 e. The second-order valence-corrected chi connectivity index (χ2v) is 6.49. The molecule has 0 atom stereocenters. The predicted molar refractivity (Wildman–Crippen MR) is 95.1 cm³/mol. The van der Waals surface area contributed by atoms with Gasteiger partial charge in [0.1, 0.15) is 21.7 Å². The van der Waals surface area contributed by atoms with Crippen molar-refractivity contribution in [2.75, 3.05) is 6.61 Å². The van der Waals surface area contributed by atoms with Crippen LogP contribution in [0.25, 0.3) is 0 Å². The van der Waals surface area contributed by atoms with E-state index in [4.69, 9.17) is 27.9 Å². The fourth-order valence-electron chi connectivity index (χ4n) is 1.92. The smallest absolute Gasteiger partial charge is 0.348 e. The number of phenolic OH excluding ortho intramolecular Hbond substituents is 1. The zero-order valence-corrected chi connectivity index (χ0v) is 15.1. The Kier molecular flexibility index (Phi) is 5.84. The summed E-state index contributed by atoms with van der Waals surface area (Å²) in [6.45, 7) is 3.61. The van der Waals surface area contributed by atoms with Crippen LogP contribution < -0.4 is 0 Å². The minimum absolute atomic E-state index is 0.0963. The molecule has 1 aromatic carbocycles. The molecule has 0 aliphatic rings. The number of carbonyl (C=O) groups is 1. The molecule has 8 heteroatoms. The van der Waals surface area contributed by atoms with Crippen molar-refractivity contribution in [3.63, 3.8) is 0 Å². The van der Waals surface area contributed by atoms with Gasteiger partial charge in [-0.1, -0.05) is 23.2 Å². The molecular weight excluding hydrogens is 371 g/mol. The van der Waals surface area contributed by atoms with Crippen LogP contribution in [0.3, 0.4) is 0 Å². The van der Waals surface area contributed by atoms with E-state index in [-0.39, 0.29) is 22.9 Å². The summed E-state index contributed by atoms with van der Waals surface area (Å²) in [5, 5.41) is 20.0. The molecule has 24 heavy (non-hydrogen) atoms. The van der Waals surface area contributed by atoms with Crippen molar-refractivity contribution in [1.29, 1.82) is 5.26 Å². The van der Waals surface area contributed by atoms with Crippen molar-refractivity contribution in [3.8, 4) is 11.8 Å². The number of benzene rings is 1. The summed E-state index contributed by atoms with van der Waals surface area (Å²) >= 11 is 12.8. The monoisotopic (exact) mass is 382 g/mol. The van der Waals surface area contributed by atoms with Crippen LogP contribution in [0.15, 0.2) is 17.1 Å². The van der Waals surface area contributed by atoms with E-state index in [9.17, 15) is 15.2 Å². The maximum Gasteiger partial charge on any atom is 0.348 e. The quantitative estimate of drug-likeness (QED) is 0.603. The number of halogens is 2. The number of aliphatic imine (C=N–C) groups is 1. The Hall–Kier alpha value is -2.07. The summed E-state index contributed by atoms with van der Waals surface area (Å²) in [4.78, 5) is 16.4. The van der Waals surface area contributed by atoms with Crippen molar-refractivity contribution in [2.45, 2.75) is 13.8 Å². The summed E-state index contributed by atoms with van der Waals surface area (Å²) in [7, 11) is 0. The fourth-order valence-corrected chi connectivity index (χ4v) is 3.43. The number of esters is 1. The number of nitriles is 1. The zero-order valence-electron chi connectivity index (χ0n) is 12.8. The molecule has 0 aliphatic heterocycles. The van der Waals surface area contributed by atoms with E-state index >= 15 is 0 Å². The van der Waals surface area contributed by atoms with Gasteiger partial charge in [-0.3, -0.25) is 0 Å². The highest BCUT2D eigenvalue weighted by atomic mass is 35.5. The Morgan fingerprint density at radius 3 is 2.83 bits per heavy atom. The normalized spacial score (nSPS) is 10.8. The van der Waals surface area contributed by atoms with Crippen LogP contribution in [-0.2, 0) is 4.74 Å². The van der Waals surface area contributed by atoms with Gasteiger partial charge in [0, 0.05) is 16.8 Å². The summed E-state index contributed by atoms with van der Waals surface area (Å²) in [6, 6.07) is 4.93. The molecule has 124 valence electrons. The molecule has 1 heterocycles. The molecule has 1 aromatic heterocycles. The molecule has 0 radical (unpaired) electrons. The molecule has 0 unspecified atom stereocenters. The number of phenols is 1. The van der Waals surface area contributed by atoms with Gasteiger partial charge in [0.2, 0.25) is 0 Å². The third kappa shape index (κ3) is 3.70. The summed E-state index contributed by atoms with van der Waals surface area (Å²) in [5.41, 5.74) is 1.11. The zero-order chi connectivity index (χ0) is 17.9. The number of nitrogens with zero attached hydrogens (tertiary/aromatic N) is 2. The van der Waals surface area contributed by atoms with Crippen molar-refractivity contribution >= 4 is 51.7 Å². The summed E-state index contributed by atoms with van der Waals surface area (Å²) in [5.74, 6) is -0.659. The van der Waals surface area contributed by atoms with E-state index in [0.29, 0.717) is 26.0 Å². The molecule has 5 nitrogen and oxygen atoms in total. The Labute approximate surface area is 152 Å². The number of hydrogen-bond acceptors (Lipinski definition) is 6. The molecule has 0 amide bonds. The Morgan fingerprint density at radius 1 is 1.50 bits per heavy atom. The number of rotatable bonds is 4. The fraction of sp³-hybridized carbons (Fsp3) is 0.188. The molecule has 0 spiro atoms. The highest BCUT2D eigenvalue weighted by Crippen LogP contribution is 2.36. The predicted octanol–water partition coefficient (Wildman–Crippen LogP) is 4.87. The van der Waals surface area contributed by atoms with Crippen LogP contribution in [0.4, 0.5) is 5.00 Å². The van der Waals surface area contributed by atoms with Gasteiger partial charge in [0.25, 0.3) is 0 Å². The number of carbonyl (C=O) groups excluding carboxylic acids is 1. The average Bonchev–Trinajstić information content (AvgIpc) is 2.85. The Balaban J connectivity index is 2.45. The Morgan fingerprint density at radius 2 is 2.21 bits per heavy atom. The van der Waals surface area contributed by atoms with Crippen LogP contribution in [0.2, 0.25) is 10.0 Å². The lowest BCUT2D eigenvalue weighted by Crippen LogP contribution is -2.03. The topological polar surface area (TPSA) is 82.7 Å². The highest BCUT2D eigenvalue weighted by Gasteiger charge is 2.20. The first-order chi connectivity index (χ1) is 11.4. The van der Waals surface area contributed by atoms with Crippen molar-refractivity contribution < 1.29 is 14.6 Å². The lowest BCUT2D eigenvalue weighted by molar-refractivity contribution is 0.0531. The maximum absolute atomic E-state index is 11.9. The molecule has 2 rings (SSSR count). The highest BCUT2D eigenvalue weighted by molar-refractivity contribution is 7.18. The molecule has 0 saturated heterocycles. The first-order valence-corrected chi connectivity index (χ1v) is 8.39. The number of hydrogen-bond donors (Lipinski definition) is 1. The van der Waals surface area contributed by atoms with E-state index in [2.05, 4.69) is 4.99 Å². The lowest BCUT2D eigenvalue weighted by Gasteiger charge is -2.01. The van der Waals surface area contributed by atoms with E-state index in [1.807, 2.05) is 6.07 Å². The van der Waals surface area contributed by atoms with E-state index in [0.717, 1.165) is 11.3 Å². The van der Waals surface area contributed by atoms with Crippen LogP contribution in [0.5, 0.6) is 5.75 Å². The van der Waals surface area contributed by atoms with Gasteiger partial charge in [-0.05, 0) is 31.5 Å². The van der Waals surface area contributed by atoms with Gasteiger partial charge in [-0.15, -0.1) is 11.3 Å². The third-order valence-corrected chi connectivity index (χ3v) is 4.77. The lowest BCUT2D eigenvalue weighted by atomic mass is 10.2. The molecule has 0 bridgehead atoms. The second-order valence-electron chi connectivity index (χ2n) is 4.65. The SMILES string of the molecule is CCOC(=O)c1sc(/N=C/c2cc(Cl)cc(Cl)c2O)c(C#N)c1C. The average molecular weight is 383 g/mol. The summed E-state index contributed by atoms with van der Waals surface area (Å²) in [6.07, 6.45) is 1.34. The van der Waals surface area contributed by atoms with Crippen molar-refractivity contribution in [1.82, 2.24) is 0 Å². The molecule has 2 aromatic rings. The standard InChI is InChI=1S/C16H12Cl2N2O3S/c1-3-23-16(22)14-8(2)11(6-19)15(24-14)20-7-9-4-10(17)5-12(18)13(9)21/h4-5,7,21H,3H2,1-2H3/b20-7+. The van der Waals surface area contributed by atoms with Gasteiger partial charge in [0.05, 0.1) is 17.2 Å². The third-order valence-electron chi connectivity index (χ3n) is 3.08. The van der Waals surface area contributed by atoms with Crippen LogP contribution in [0.1, 0.15) is 33.3 Å². The van der Waals surface area contributed by atoms with E-state index < -0.39 is 5.97 Å².